The van der Waals surface area contributed by atoms with Gasteiger partial charge in [-0.25, -0.2) is 12.8 Å². The van der Waals surface area contributed by atoms with Crippen molar-refractivity contribution in [3.05, 3.63) is 59.2 Å². The summed E-state index contributed by atoms with van der Waals surface area (Å²) >= 11 is 0. The van der Waals surface area contributed by atoms with Crippen LogP contribution in [0.5, 0.6) is 0 Å². The highest BCUT2D eigenvalue weighted by Gasteiger charge is 2.34. The number of hydrogen-bond acceptors (Lipinski definition) is 5. The van der Waals surface area contributed by atoms with Gasteiger partial charge in [0.1, 0.15) is 11.5 Å². The van der Waals surface area contributed by atoms with Crippen LogP contribution < -0.4 is 0 Å². The second-order valence-electron chi connectivity index (χ2n) is 8.91. The summed E-state index contributed by atoms with van der Waals surface area (Å²) in [5.41, 5.74) is 0.390. The first kappa shape index (κ1) is 27.8. The number of piperazine rings is 1. The van der Waals surface area contributed by atoms with Gasteiger partial charge in [-0.1, -0.05) is 12.1 Å². The highest BCUT2D eigenvalue weighted by Crippen LogP contribution is 2.28. The molecule has 0 unspecified atom stereocenters. The number of alkyl halides is 3. The molecule has 1 aromatic carbocycles. The number of piperidine rings is 1. The van der Waals surface area contributed by atoms with Crippen molar-refractivity contribution in [3.63, 3.8) is 0 Å². The van der Waals surface area contributed by atoms with Gasteiger partial charge in [-0.3, -0.25) is 14.8 Å². The van der Waals surface area contributed by atoms with Gasteiger partial charge in [0.2, 0.25) is 10.0 Å². The van der Waals surface area contributed by atoms with Gasteiger partial charge in [-0.2, -0.15) is 17.5 Å². The molecule has 2 fully saturated rings. The van der Waals surface area contributed by atoms with Crippen LogP contribution in [-0.4, -0.2) is 72.8 Å². The maximum Gasteiger partial charge on any atom is 0.433 e. The summed E-state index contributed by atoms with van der Waals surface area (Å²) in [6, 6.07) is 6.64. The maximum atomic E-state index is 13.6. The number of hydrogen-bond donors (Lipinski definition) is 0. The lowest BCUT2D eigenvalue weighted by Gasteiger charge is -2.42. The number of nitrogens with zero attached hydrogens (tertiary/aromatic N) is 4. The van der Waals surface area contributed by atoms with E-state index in [-0.39, 0.29) is 17.3 Å². The summed E-state index contributed by atoms with van der Waals surface area (Å²) in [6.07, 6.45) is -1.33. The lowest BCUT2D eigenvalue weighted by molar-refractivity contribution is -0.141. The third-order valence-corrected chi connectivity index (χ3v) is 8.68. The summed E-state index contributed by atoms with van der Waals surface area (Å²) in [4.78, 5) is 8.06. The van der Waals surface area contributed by atoms with Gasteiger partial charge in [0.25, 0.3) is 0 Å². The number of halogens is 5. The van der Waals surface area contributed by atoms with E-state index in [4.69, 9.17) is 0 Å². The number of aryl methyl sites for hydroxylation is 1. The van der Waals surface area contributed by atoms with E-state index in [2.05, 4.69) is 14.8 Å². The van der Waals surface area contributed by atoms with Gasteiger partial charge in [0.05, 0.1) is 4.90 Å². The van der Waals surface area contributed by atoms with Crippen molar-refractivity contribution in [2.24, 2.45) is 0 Å². The Labute approximate surface area is 209 Å². The number of pyridine rings is 1. The van der Waals surface area contributed by atoms with Crippen molar-refractivity contribution in [2.75, 3.05) is 39.3 Å². The lowest BCUT2D eigenvalue weighted by atomic mass is 10.0. The van der Waals surface area contributed by atoms with Crippen molar-refractivity contribution in [1.82, 2.24) is 19.1 Å². The standard InChI is InChI=1S/C23H28F4N4O2S.ClH/c1-17-2-4-19(24)14-21(17)34(32,33)31-12-10-30(11-13-31)20-6-8-29(9-7-20)16-18-3-5-22(28-15-18)23(25,26)27;/h2-5,14-15,20H,6-13,16H2,1H3;1H. The Morgan fingerprint density at radius 2 is 1.66 bits per heavy atom. The molecule has 2 aromatic rings. The van der Waals surface area contributed by atoms with Crippen molar-refractivity contribution in [2.45, 2.75) is 43.4 Å². The van der Waals surface area contributed by atoms with Gasteiger partial charge in [-0.05, 0) is 62.2 Å². The second-order valence-corrected chi connectivity index (χ2v) is 10.8. The monoisotopic (exact) mass is 536 g/mol. The molecule has 2 aliphatic heterocycles. The van der Waals surface area contributed by atoms with Crippen LogP contribution in [0.4, 0.5) is 17.6 Å². The van der Waals surface area contributed by atoms with Crippen LogP contribution in [0.3, 0.4) is 0 Å². The van der Waals surface area contributed by atoms with E-state index in [9.17, 15) is 26.0 Å². The molecule has 6 nitrogen and oxygen atoms in total. The van der Waals surface area contributed by atoms with E-state index in [1.165, 1.54) is 28.7 Å². The molecule has 4 rings (SSSR count). The number of likely N-dealkylation sites (tertiary alicyclic amines) is 1. The van der Waals surface area contributed by atoms with Crippen LogP contribution in [0.15, 0.2) is 41.4 Å². The molecule has 0 atom stereocenters. The van der Waals surface area contributed by atoms with Crippen LogP contribution in [0, 0.1) is 12.7 Å². The van der Waals surface area contributed by atoms with E-state index in [1.807, 2.05) is 0 Å². The van der Waals surface area contributed by atoms with Crippen LogP contribution in [0.25, 0.3) is 0 Å². The highest BCUT2D eigenvalue weighted by atomic mass is 35.5. The molecule has 3 heterocycles. The number of aromatic nitrogens is 1. The van der Waals surface area contributed by atoms with E-state index >= 15 is 0 Å². The molecular weight excluding hydrogens is 508 g/mol. The van der Waals surface area contributed by atoms with Gasteiger partial charge in [0, 0.05) is 45.0 Å². The second kappa shape index (κ2) is 11.1. The molecule has 194 valence electrons. The number of sulfonamides is 1. The smallest absolute Gasteiger partial charge is 0.299 e. The average Bonchev–Trinajstić information content (AvgIpc) is 2.81. The minimum absolute atomic E-state index is 0. The topological polar surface area (TPSA) is 56.8 Å². The van der Waals surface area contributed by atoms with Crippen LogP contribution in [0.1, 0.15) is 29.7 Å². The SMILES string of the molecule is Cc1ccc(F)cc1S(=O)(=O)N1CCN(C2CCN(Cc3ccc(C(F)(F)F)nc3)CC2)CC1.Cl. The van der Waals surface area contributed by atoms with E-state index in [1.54, 1.807) is 6.92 Å². The Morgan fingerprint density at radius 3 is 2.23 bits per heavy atom. The third-order valence-electron chi connectivity index (χ3n) is 6.64. The number of rotatable bonds is 5. The molecule has 0 N–H and O–H groups in total. The first-order chi connectivity index (χ1) is 16.0. The van der Waals surface area contributed by atoms with Gasteiger partial charge in [-0.15, -0.1) is 12.4 Å². The van der Waals surface area contributed by atoms with Gasteiger partial charge < -0.3 is 0 Å². The zero-order valence-corrected chi connectivity index (χ0v) is 21.0. The highest BCUT2D eigenvalue weighted by molar-refractivity contribution is 7.89. The summed E-state index contributed by atoms with van der Waals surface area (Å²) in [5, 5.41) is 0. The van der Waals surface area contributed by atoms with Crippen LogP contribution in [-0.2, 0) is 22.7 Å². The fourth-order valence-electron chi connectivity index (χ4n) is 4.69. The zero-order chi connectivity index (χ0) is 24.5. The Hall–Kier alpha value is -1.79. The lowest BCUT2D eigenvalue weighted by Crippen LogP contribution is -2.54. The normalized spacial score (nSPS) is 19.5. The van der Waals surface area contributed by atoms with E-state index in [0.29, 0.717) is 44.3 Å². The Balaban J connectivity index is 0.00000342. The minimum atomic E-state index is -4.43. The first-order valence-electron chi connectivity index (χ1n) is 11.3. The van der Waals surface area contributed by atoms with Crippen LogP contribution in [0.2, 0.25) is 0 Å². The van der Waals surface area contributed by atoms with Gasteiger partial charge >= 0.3 is 6.18 Å². The fraction of sp³-hybridized carbons (Fsp3) is 0.522. The number of benzene rings is 1. The molecule has 1 aromatic heterocycles. The zero-order valence-electron chi connectivity index (χ0n) is 19.3. The maximum absolute atomic E-state index is 13.6. The Kier molecular flexibility index (Phi) is 8.80. The summed E-state index contributed by atoms with van der Waals surface area (Å²) in [5.74, 6) is -0.568. The van der Waals surface area contributed by atoms with E-state index < -0.39 is 27.7 Å². The largest absolute Gasteiger partial charge is 0.433 e. The van der Waals surface area contributed by atoms with E-state index in [0.717, 1.165) is 43.6 Å². The van der Waals surface area contributed by atoms with Crippen molar-refractivity contribution in [1.29, 1.82) is 0 Å². The van der Waals surface area contributed by atoms with Crippen molar-refractivity contribution >= 4 is 22.4 Å². The minimum Gasteiger partial charge on any atom is -0.299 e. The molecule has 2 aliphatic rings. The molecule has 0 aliphatic carbocycles. The molecule has 0 bridgehead atoms. The summed E-state index contributed by atoms with van der Waals surface area (Å²) in [7, 11) is -3.74. The molecule has 0 amide bonds. The Morgan fingerprint density at radius 1 is 1.00 bits per heavy atom. The fourth-order valence-corrected chi connectivity index (χ4v) is 6.35. The van der Waals surface area contributed by atoms with Gasteiger partial charge in [0.15, 0.2) is 0 Å². The third kappa shape index (κ3) is 6.51. The quantitative estimate of drug-likeness (QED) is 0.542. The predicted octanol–water partition coefficient (Wildman–Crippen LogP) is 3.94. The summed E-state index contributed by atoms with van der Waals surface area (Å²) in [6.45, 7) is 5.78. The molecule has 0 saturated carbocycles. The molecule has 35 heavy (non-hydrogen) atoms. The van der Waals surface area contributed by atoms with Crippen LogP contribution >= 0.6 is 12.4 Å². The molecule has 0 radical (unpaired) electrons. The summed E-state index contributed by atoms with van der Waals surface area (Å²) < 4.78 is 79.1. The van der Waals surface area contributed by atoms with Crippen molar-refractivity contribution in [3.8, 4) is 0 Å². The predicted molar refractivity (Wildman–Crippen MR) is 126 cm³/mol. The molecule has 0 spiro atoms. The van der Waals surface area contributed by atoms with Crippen molar-refractivity contribution < 1.29 is 26.0 Å². The molecular formula is C23H29ClF4N4O2S. The Bertz CT molecular complexity index is 1100. The molecule has 2 saturated heterocycles. The molecule has 12 heteroatoms. The average molecular weight is 537 g/mol. The first-order valence-corrected chi connectivity index (χ1v) is 12.7.